The third-order valence-corrected chi connectivity index (χ3v) is 0.808. The van der Waals surface area contributed by atoms with Crippen molar-refractivity contribution in [2.24, 2.45) is 5.92 Å². The maximum atomic E-state index is 9.90. The van der Waals surface area contributed by atoms with Gasteiger partial charge in [0.05, 0.1) is 13.0 Å². The molecule has 0 aliphatic rings. The van der Waals surface area contributed by atoms with Crippen molar-refractivity contribution in [3.05, 3.63) is 0 Å². The van der Waals surface area contributed by atoms with Crippen LogP contribution in [0.2, 0.25) is 0 Å². The van der Waals surface area contributed by atoms with E-state index in [0.29, 0.717) is 0 Å². The van der Waals surface area contributed by atoms with Gasteiger partial charge in [-0.1, -0.05) is 6.92 Å². The first-order chi connectivity index (χ1) is 3.66. The second-order valence-corrected chi connectivity index (χ2v) is 1.87. The summed E-state index contributed by atoms with van der Waals surface area (Å²) in [6.07, 6.45) is -0.0104. The summed E-state index contributed by atoms with van der Waals surface area (Å²) in [4.78, 5) is 9.83. The highest BCUT2D eigenvalue weighted by atomic mass is 16.4. The molecule has 0 saturated carbocycles. The molecule has 1 unspecified atom stereocenters. The highest BCUT2D eigenvalue weighted by molar-refractivity contribution is 5.66. The fourth-order valence-electron chi connectivity index (χ4n) is 0.357. The van der Waals surface area contributed by atoms with Gasteiger partial charge in [0.25, 0.3) is 0 Å². The molecule has 0 aliphatic heterocycles. The van der Waals surface area contributed by atoms with Gasteiger partial charge in [0, 0.05) is 0 Å². The van der Waals surface area contributed by atoms with Gasteiger partial charge in [-0.2, -0.15) is 0 Å². The highest BCUT2D eigenvalue weighted by Crippen LogP contribution is 1.98. The predicted octanol–water partition coefficient (Wildman–Crippen LogP) is 0.528. The molecule has 0 aromatic carbocycles. The first-order valence-electron chi connectivity index (χ1n) is 2.46. The molecule has 0 heterocycles. The van der Waals surface area contributed by atoms with Gasteiger partial charge in [0.1, 0.15) is 0 Å². The van der Waals surface area contributed by atoms with Crippen LogP contribution in [-0.4, -0.2) is 17.7 Å². The zero-order valence-corrected chi connectivity index (χ0v) is 4.76. The summed E-state index contributed by atoms with van der Waals surface area (Å²) < 4.78 is 0. The lowest BCUT2D eigenvalue weighted by Crippen LogP contribution is -2.06. The largest absolute Gasteiger partial charge is 0.481 e. The van der Waals surface area contributed by atoms with Gasteiger partial charge in [0.15, 0.2) is 0 Å². The van der Waals surface area contributed by atoms with Crippen LogP contribution in [-0.2, 0) is 9.90 Å². The molecule has 0 amide bonds. The van der Waals surface area contributed by atoms with Crippen LogP contribution >= 0.6 is 0 Å². The summed E-state index contributed by atoms with van der Waals surface area (Å²) in [7, 11) is 0. The SMILES string of the molecule is CC(C[O])CC(=O)O. The van der Waals surface area contributed by atoms with E-state index in [2.05, 4.69) is 0 Å². The number of hydrogen-bond donors (Lipinski definition) is 1. The molecule has 0 fully saturated rings. The topological polar surface area (TPSA) is 57.2 Å². The van der Waals surface area contributed by atoms with Gasteiger partial charge >= 0.3 is 5.97 Å². The summed E-state index contributed by atoms with van der Waals surface area (Å²) in [6, 6.07) is 0. The normalized spacial score (nSPS) is 13.2. The number of rotatable bonds is 3. The summed E-state index contributed by atoms with van der Waals surface area (Å²) in [5.74, 6) is -1.12. The van der Waals surface area contributed by atoms with Gasteiger partial charge < -0.3 is 5.11 Å². The molecule has 0 aliphatic carbocycles. The Kier molecular flexibility index (Phi) is 3.19. The van der Waals surface area contributed by atoms with E-state index in [0.717, 1.165) is 0 Å². The van der Waals surface area contributed by atoms with Crippen LogP contribution in [0.15, 0.2) is 0 Å². The molecule has 0 saturated heterocycles. The molecule has 47 valence electrons. The summed E-state index contributed by atoms with van der Waals surface area (Å²) in [5, 5.41) is 18.0. The Hall–Kier alpha value is -0.570. The van der Waals surface area contributed by atoms with Crippen molar-refractivity contribution in [2.45, 2.75) is 13.3 Å². The Morgan fingerprint density at radius 3 is 2.38 bits per heavy atom. The molecule has 0 aromatic rings. The number of aliphatic carboxylic acids is 1. The number of carboxylic acids is 1. The molecule has 1 atom stereocenters. The minimum absolute atomic E-state index is 0.0104. The van der Waals surface area contributed by atoms with Crippen LogP contribution in [0, 0.1) is 5.92 Å². The van der Waals surface area contributed by atoms with Gasteiger partial charge in [-0.25, -0.2) is 5.11 Å². The minimum Gasteiger partial charge on any atom is -0.481 e. The lowest BCUT2D eigenvalue weighted by molar-refractivity contribution is -0.138. The third-order valence-electron chi connectivity index (χ3n) is 0.808. The summed E-state index contributed by atoms with van der Waals surface area (Å²) in [6.45, 7) is 1.33. The lowest BCUT2D eigenvalue weighted by Gasteiger charge is -1.98. The lowest BCUT2D eigenvalue weighted by atomic mass is 10.1. The standard InChI is InChI=1S/C5H9O3/c1-4(3-6)2-5(7)8/h4H,2-3H2,1H3,(H,7,8). The van der Waals surface area contributed by atoms with E-state index in [1.165, 1.54) is 0 Å². The molecule has 8 heavy (non-hydrogen) atoms. The molecule has 3 nitrogen and oxygen atoms in total. The fraction of sp³-hybridized carbons (Fsp3) is 0.800. The average Bonchev–Trinajstić information content (AvgIpc) is 1.65. The van der Waals surface area contributed by atoms with Crippen LogP contribution in [0.5, 0.6) is 0 Å². The van der Waals surface area contributed by atoms with E-state index < -0.39 is 5.97 Å². The molecule has 1 N–H and O–H groups in total. The molecular weight excluding hydrogens is 108 g/mol. The van der Waals surface area contributed by atoms with Crippen LogP contribution in [0.25, 0.3) is 0 Å². The first kappa shape index (κ1) is 7.43. The first-order valence-corrected chi connectivity index (χ1v) is 2.46. The number of carboxylic acid groups (broad SMARTS) is 1. The fourth-order valence-corrected chi connectivity index (χ4v) is 0.357. The monoisotopic (exact) mass is 117 g/mol. The quantitative estimate of drug-likeness (QED) is 0.586. The van der Waals surface area contributed by atoms with Gasteiger partial charge in [-0.05, 0) is 5.92 Å². The Balaban J connectivity index is 3.24. The minimum atomic E-state index is -0.895. The van der Waals surface area contributed by atoms with Gasteiger partial charge in [0.2, 0.25) is 0 Å². The van der Waals surface area contributed by atoms with E-state index >= 15 is 0 Å². The summed E-state index contributed by atoms with van der Waals surface area (Å²) >= 11 is 0. The van der Waals surface area contributed by atoms with Crippen molar-refractivity contribution in [1.82, 2.24) is 0 Å². The van der Waals surface area contributed by atoms with Crippen molar-refractivity contribution in [3.8, 4) is 0 Å². The average molecular weight is 117 g/mol. The van der Waals surface area contributed by atoms with E-state index in [1.54, 1.807) is 6.92 Å². The second-order valence-electron chi connectivity index (χ2n) is 1.87. The molecule has 3 heteroatoms. The zero-order valence-electron chi connectivity index (χ0n) is 4.76. The van der Waals surface area contributed by atoms with Crippen LogP contribution in [0.1, 0.15) is 13.3 Å². The Bertz CT molecular complexity index is 79.7. The Labute approximate surface area is 47.9 Å². The van der Waals surface area contributed by atoms with Crippen molar-refractivity contribution >= 4 is 5.97 Å². The summed E-state index contributed by atoms with van der Waals surface area (Å²) in [5.41, 5.74) is 0. The molecule has 0 rings (SSSR count). The van der Waals surface area contributed by atoms with Crippen molar-refractivity contribution in [2.75, 3.05) is 6.61 Å². The van der Waals surface area contributed by atoms with E-state index in [-0.39, 0.29) is 18.9 Å². The maximum absolute atomic E-state index is 9.90. The molecule has 0 spiro atoms. The molecule has 1 radical (unpaired) electrons. The van der Waals surface area contributed by atoms with Crippen LogP contribution in [0.3, 0.4) is 0 Å². The van der Waals surface area contributed by atoms with Crippen molar-refractivity contribution in [3.63, 3.8) is 0 Å². The smallest absolute Gasteiger partial charge is 0.303 e. The van der Waals surface area contributed by atoms with Crippen molar-refractivity contribution in [1.29, 1.82) is 0 Å². The Morgan fingerprint density at radius 2 is 2.25 bits per heavy atom. The number of carbonyl (C=O) groups is 1. The molecular formula is C5H9O3. The van der Waals surface area contributed by atoms with E-state index in [4.69, 9.17) is 5.11 Å². The maximum Gasteiger partial charge on any atom is 0.303 e. The van der Waals surface area contributed by atoms with Crippen LogP contribution < -0.4 is 0 Å². The van der Waals surface area contributed by atoms with Gasteiger partial charge in [-0.15, -0.1) is 0 Å². The zero-order chi connectivity index (χ0) is 6.57. The van der Waals surface area contributed by atoms with Crippen LogP contribution in [0.4, 0.5) is 0 Å². The van der Waals surface area contributed by atoms with Crippen molar-refractivity contribution < 1.29 is 15.0 Å². The molecule has 0 aromatic heterocycles. The second kappa shape index (κ2) is 3.43. The molecule has 0 bridgehead atoms. The van der Waals surface area contributed by atoms with E-state index in [9.17, 15) is 9.90 Å². The van der Waals surface area contributed by atoms with E-state index in [1.807, 2.05) is 0 Å². The number of hydrogen-bond acceptors (Lipinski definition) is 1. The third kappa shape index (κ3) is 3.61. The highest BCUT2D eigenvalue weighted by Gasteiger charge is 2.04. The van der Waals surface area contributed by atoms with Gasteiger partial charge in [-0.3, -0.25) is 4.79 Å². The Morgan fingerprint density at radius 1 is 1.75 bits per heavy atom. The predicted molar refractivity (Wildman–Crippen MR) is 27.0 cm³/mol.